The van der Waals surface area contributed by atoms with Crippen LogP contribution in [0.25, 0.3) is 0 Å². The lowest BCUT2D eigenvalue weighted by Crippen LogP contribution is -2.38. The fraction of sp³-hybridized carbons (Fsp3) is 0.526. The van der Waals surface area contributed by atoms with Gasteiger partial charge in [-0.25, -0.2) is 0 Å². The average Bonchev–Trinajstić information content (AvgIpc) is 3.25. The van der Waals surface area contributed by atoms with Gasteiger partial charge in [0, 0.05) is 24.2 Å². The summed E-state index contributed by atoms with van der Waals surface area (Å²) in [5, 5.41) is 8.53. The molecule has 0 unspecified atom stereocenters. The molecule has 0 N–H and O–H groups in total. The summed E-state index contributed by atoms with van der Waals surface area (Å²) < 4.78 is 13.1. The van der Waals surface area contributed by atoms with Gasteiger partial charge in [0.25, 0.3) is 5.91 Å². The van der Waals surface area contributed by atoms with E-state index in [1.807, 2.05) is 27.9 Å². The maximum atomic E-state index is 13.0. The van der Waals surface area contributed by atoms with Gasteiger partial charge in [-0.3, -0.25) is 9.48 Å². The standard InChI is InChI=1S/C19H22N4O3/c24-19(14-5-6-17-18(10-14)26-9-8-25-17)23-7-1-2-15(23)11-22-12-16(20-21-22)13-3-4-13/h5-6,10,12-13,15H,1-4,7-9,11H2/t15-/m0/s1. The Balaban J connectivity index is 1.32. The summed E-state index contributed by atoms with van der Waals surface area (Å²) in [6, 6.07) is 5.61. The number of aromatic nitrogens is 3. The Morgan fingerprint density at radius 3 is 2.85 bits per heavy atom. The van der Waals surface area contributed by atoms with Crippen molar-refractivity contribution in [1.82, 2.24) is 19.9 Å². The largest absolute Gasteiger partial charge is 0.486 e. The van der Waals surface area contributed by atoms with E-state index in [0.717, 1.165) is 25.1 Å². The third-order valence-corrected chi connectivity index (χ3v) is 5.38. The number of amides is 1. The normalized spacial score (nSPS) is 21.8. The van der Waals surface area contributed by atoms with E-state index in [0.29, 0.717) is 42.7 Å². The van der Waals surface area contributed by atoms with E-state index in [4.69, 9.17) is 9.47 Å². The van der Waals surface area contributed by atoms with E-state index in [2.05, 4.69) is 10.3 Å². The van der Waals surface area contributed by atoms with Gasteiger partial charge in [0.15, 0.2) is 11.5 Å². The Hall–Kier alpha value is -2.57. The number of ether oxygens (including phenoxy) is 2. The van der Waals surface area contributed by atoms with Crippen molar-refractivity contribution in [2.24, 2.45) is 0 Å². The first-order chi connectivity index (χ1) is 12.8. The summed E-state index contributed by atoms with van der Waals surface area (Å²) in [7, 11) is 0. The Labute approximate surface area is 151 Å². The number of carbonyl (C=O) groups is 1. The number of hydrogen-bond acceptors (Lipinski definition) is 5. The van der Waals surface area contributed by atoms with Crippen LogP contribution < -0.4 is 9.47 Å². The predicted octanol–water partition coefficient (Wildman–Crippen LogP) is 2.23. The Bertz CT molecular complexity index is 830. The van der Waals surface area contributed by atoms with Crippen LogP contribution in [0.5, 0.6) is 11.5 Å². The molecule has 1 atom stereocenters. The summed E-state index contributed by atoms with van der Waals surface area (Å²) in [6.45, 7) is 2.56. The fourth-order valence-electron chi connectivity index (χ4n) is 3.82. The molecule has 1 aromatic heterocycles. The number of rotatable bonds is 4. The molecule has 0 radical (unpaired) electrons. The van der Waals surface area contributed by atoms with Crippen molar-refractivity contribution >= 4 is 5.91 Å². The van der Waals surface area contributed by atoms with Crippen LogP contribution in [-0.4, -0.2) is 51.6 Å². The van der Waals surface area contributed by atoms with Crippen molar-refractivity contribution in [2.45, 2.75) is 44.2 Å². The second-order valence-corrected chi connectivity index (χ2v) is 7.29. The van der Waals surface area contributed by atoms with E-state index in [1.54, 1.807) is 6.07 Å². The van der Waals surface area contributed by atoms with Crippen LogP contribution in [0.15, 0.2) is 24.4 Å². The quantitative estimate of drug-likeness (QED) is 0.842. The molecule has 1 aliphatic carbocycles. The number of hydrogen-bond donors (Lipinski definition) is 0. The summed E-state index contributed by atoms with van der Waals surface area (Å²) in [5.41, 5.74) is 1.74. The van der Waals surface area contributed by atoms with Gasteiger partial charge in [-0.2, -0.15) is 0 Å². The molecule has 7 heteroatoms. The number of nitrogens with zero attached hydrogens (tertiary/aromatic N) is 4. The summed E-state index contributed by atoms with van der Waals surface area (Å²) in [5.74, 6) is 2.01. The van der Waals surface area contributed by atoms with Crippen LogP contribution in [-0.2, 0) is 6.54 Å². The van der Waals surface area contributed by atoms with E-state index in [-0.39, 0.29) is 11.9 Å². The highest BCUT2D eigenvalue weighted by Crippen LogP contribution is 2.38. The van der Waals surface area contributed by atoms with E-state index in [9.17, 15) is 4.79 Å². The van der Waals surface area contributed by atoms with Crippen LogP contribution >= 0.6 is 0 Å². The minimum Gasteiger partial charge on any atom is -0.486 e. The Kier molecular flexibility index (Phi) is 3.80. The van der Waals surface area contributed by atoms with Crippen LogP contribution in [0.2, 0.25) is 0 Å². The lowest BCUT2D eigenvalue weighted by molar-refractivity contribution is 0.0720. The fourth-order valence-corrected chi connectivity index (χ4v) is 3.82. The molecule has 7 nitrogen and oxygen atoms in total. The van der Waals surface area contributed by atoms with Gasteiger partial charge in [-0.05, 0) is 43.9 Å². The molecule has 1 saturated heterocycles. The van der Waals surface area contributed by atoms with Gasteiger partial charge >= 0.3 is 0 Å². The molecule has 2 fully saturated rings. The lowest BCUT2D eigenvalue weighted by atomic mass is 10.1. The van der Waals surface area contributed by atoms with Crippen molar-refractivity contribution in [3.05, 3.63) is 35.7 Å². The topological polar surface area (TPSA) is 69.5 Å². The van der Waals surface area contributed by atoms with Crippen molar-refractivity contribution in [1.29, 1.82) is 0 Å². The summed E-state index contributed by atoms with van der Waals surface area (Å²) in [6.07, 6.45) is 6.50. The molecule has 1 amide bonds. The smallest absolute Gasteiger partial charge is 0.254 e. The molecule has 136 valence electrons. The van der Waals surface area contributed by atoms with Crippen LogP contribution in [0, 0.1) is 0 Å². The maximum absolute atomic E-state index is 13.0. The SMILES string of the molecule is O=C(c1ccc2c(c1)OCCO2)N1CCC[C@H]1Cn1cc(C2CC2)nn1. The number of likely N-dealkylation sites (tertiary alicyclic amines) is 1. The third-order valence-electron chi connectivity index (χ3n) is 5.38. The summed E-state index contributed by atoms with van der Waals surface area (Å²) in [4.78, 5) is 15.0. The molecule has 2 aromatic rings. The van der Waals surface area contributed by atoms with Gasteiger partial charge in [0.05, 0.1) is 18.3 Å². The highest BCUT2D eigenvalue weighted by Gasteiger charge is 2.32. The first-order valence-electron chi connectivity index (χ1n) is 9.38. The van der Waals surface area contributed by atoms with Crippen molar-refractivity contribution in [2.75, 3.05) is 19.8 Å². The molecule has 0 spiro atoms. The second kappa shape index (κ2) is 6.30. The van der Waals surface area contributed by atoms with E-state index < -0.39 is 0 Å². The average molecular weight is 354 g/mol. The number of fused-ring (bicyclic) bond motifs is 1. The van der Waals surface area contributed by atoms with Crippen LogP contribution in [0.1, 0.15) is 47.7 Å². The van der Waals surface area contributed by atoms with Crippen molar-refractivity contribution in [3.8, 4) is 11.5 Å². The third kappa shape index (κ3) is 2.91. The Morgan fingerprint density at radius 1 is 1.15 bits per heavy atom. The number of carbonyl (C=O) groups excluding carboxylic acids is 1. The highest BCUT2D eigenvalue weighted by molar-refractivity contribution is 5.95. The van der Waals surface area contributed by atoms with E-state index in [1.165, 1.54) is 12.8 Å². The van der Waals surface area contributed by atoms with Crippen molar-refractivity contribution < 1.29 is 14.3 Å². The van der Waals surface area contributed by atoms with E-state index >= 15 is 0 Å². The highest BCUT2D eigenvalue weighted by atomic mass is 16.6. The zero-order valence-electron chi connectivity index (χ0n) is 14.6. The van der Waals surface area contributed by atoms with Gasteiger partial charge in [0.2, 0.25) is 0 Å². The summed E-state index contributed by atoms with van der Waals surface area (Å²) >= 11 is 0. The Morgan fingerprint density at radius 2 is 2.00 bits per heavy atom. The minimum absolute atomic E-state index is 0.0482. The van der Waals surface area contributed by atoms with Gasteiger partial charge in [0.1, 0.15) is 13.2 Å². The molecule has 5 rings (SSSR count). The zero-order valence-corrected chi connectivity index (χ0v) is 14.6. The second-order valence-electron chi connectivity index (χ2n) is 7.29. The molecule has 1 aromatic carbocycles. The van der Waals surface area contributed by atoms with Crippen molar-refractivity contribution in [3.63, 3.8) is 0 Å². The van der Waals surface area contributed by atoms with Crippen LogP contribution in [0.4, 0.5) is 0 Å². The molecule has 1 saturated carbocycles. The predicted molar refractivity (Wildman–Crippen MR) is 93.5 cm³/mol. The molecular formula is C19H22N4O3. The molecule has 3 aliphatic rings. The van der Waals surface area contributed by atoms with Gasteiger partial charge in [-0.15, -0.1) is 5.10 Å². The number of benzene rings is 1. The molecule has 26 heavy (non-hydrogen) atoms. The zero-order chi connectivity index (χ0) is 17.5. The molecular weight excluding hydrogens is 332 g/mol. The first kappa shape index (κ1) is 15.7. The molecule has 2 aliphatic heterocycles. The monoisotopic (exact) mass is 354 g/mol. The lowest BCUT2D eigenvalue weighted by Gasteiger charge is -2.25. The van der Waals surface area contributed by atoms with Gasteiger partial charge < -0.3 is 14.4 Å². The molecule has 0 bridgehead atoms. The van der Waals surface area contributed by atoms with Crippen LogP contribution in [0.3, 0.4) is 0 Å². The molecule has 3 heterocycles. The maximum Gasteiger partial charge on any atom is 0.254 e. The minimum atomic E-state index is 0.0482. The first-order valence-corrected chi connectivity index (χ1v) is 9.38. The van der Waals surface area contributed by atoms with Gasteiger partial charge in [-0.1, -0.05) is 5.21 Å².